The Morgan fingerprint density at radius 3 is 2.35 bits per heavy atom. The van der Waals surface area contributed by atoms with Gasteiger partial charge in [0.25, 0.3) is 0 Å². The van der Waals surface area contributed by atoms with E-state index in [-0.39, 0.29) is 18.1 Å². The minimum atomic E-state index is -3.85. The smallest absolute Gasteiger partial charge is 0.244 e. The molecule has 0 radical (unpaired) electrons. The molecule has 0 spiro atoms. The van der Waals surface area contributed by atoms with Crippen LogP contribution in [0.3, 0.4) is 0 Å². The summed E-state index contributed by atoms with van der Waals surface area (Å²) in [4.78, 5) is 27.6. The predicted molar refractivity (Wildman–Crippen MR) is 132 cm³/mol. The molecule has 1 N–H and O–H groups in total. The fourth-order valence-electron chi connectivity index (χ4n) is 3.64. The van der Waals surface area contributed by atoms with Gasteiger partial charge >= 0.3 is 0 Å². The lowest BCUT2D eigenvalue weighted by Crippen LogP contribution is -2.51. The van der Waals surface area contributed by atoms with Gasteiger partial charge in [0.2, 0.25) is 21.8 Å². The third-order valence-electron chi connectivity index (χ3n) is 5.40. The van der Waals surface area contributed by atoms with Crippen LogP contribution < -0.4 is 19.1 Å². The zero-order valence-corrected chi connectivity index (χ0v) is 21.3. The number of nitrogens with zero attached hydrogens (tertiary/aromatic N) is 2. The van der Waals surface area contributed by atoms with Gasteiger partial charge in [-0.25, -0.2) is 8.42 Å². The molecule has 2 amide bonds. The van der Waals surface area contributed by atoms with Gasteiger partial charge in [-0.3, -0.25) is 13.9 Å². The van der Waals surface area contributed by atoms with Crippen molar-refractivity contribution in [3.8, 4) is 11.5 Å². The molecule has 0 aliphatic heterocycles. The monoisotopic (exact) mass is 491 g/mol. The number of rotatable bonds is 11. The van der Waals surface area contributed by atoms with Crippen LogP contribution in [-0.2, 0) is 26.2 Å². The molecular formula is C24H33N3O6S. The number of carbonyl (C=O) groups excluding carboxylic acids is 2. The second kappa shape index (κ2) is 11.7. The van der Waals surface area contributed by atoms with E-state index in [4.69, 9.17) is 9.47 Å². The van der Waals surface area contributed by atoms with E-state index in [0.29, 0.717) is 17.9 Å². The van der Waals surface area contributed by atoms with Crippen LogP contribution in [0.5, 0.6) is 11.5 Å². The molecule has 0 saturated carbocycles. The quantitative estimate of drug-likeness (QED) is 0.517. The minimum Gasteiger partial charge on any atom is -0.497 e. The number of hydrogen-bond acceptors (Lipinski definition) is 6. The van der Waals surface area contributed by atoms with E-state index in [9.17, 15) is 18.0 Å². The molecule has 0 bridgehead atoms. The Hall–Kier alpha value is -3.27. The second-order valence-corrected chi connectivity index (χ2v) is 9.76. The van der Waals surface area contributed by atoms with Crippen molar-refractivity contribution in [2.45, 2.75) is 32.9 Å². The Kier molecular flexibility index (Phi) is 9.31. The number of nitrogens with one attached hydrogen (secondary N) is 1. The SMILES string of the molecule is CC[C@@H](C(=O)NC)N(Cc1cccc(OC)c1)C(=O)CN(c1cc(C)ccc1OC)S(C)(=O)=O. The number of likely N-dealkylation sites (N-methyl/N-ethyl adjacent to an activating group) is 1. The first-order chi connectivity index (χ1) is 16.0. The van der Waals surface area contributed by atoms with E-state index in [2.05, 4.69) is 5.32 Å². The Morgan fingerprint density at radius 2 is 1.79 bits per heavy atom. The van der Waals surface area contributed by atoms with Gasteiger partial charge in [0.15, 0.2) is 0 Å². The maximum atomic E-state index is 13.6. The minimum absolute atomic E-state index is 0.102. The number of anilines is 1. The molecule has 0 heterocycles. The number of carbonyl (C=O) groups is 2. The number of ether oxygens (including phenoxy) is 2. The molecule has 2 aromatic carbocycles. The van der Waals surface area contributed by atoms with Gasteiger partial charge in [0.1, 0.15) is 24.1 Å². The first-order valence-electron chi connectivity index (χ1n) is 10.8. The number of sulfonamides is 1. The molecule has 0 unspecified atom stereocenters. The third-order valence-corrected chi connectivity index (χ3v) is 6.53. The molecule has 9 nitrogen and oxygen atoms in total. The number of amides is 2. The highest BCUT2D eigenvalue weighted by molar-refractivity contribution is 7.92. The molecular weight excluding hydrogens is 458 g/mol. The summed E-state index contributed by atoms with van der Waals surface area (Å²) >= 11 is 0. The Labute approximate surface area is 201 Å². The van der Waals surface area contributed by atoms with E-state index in [0.717, 1.165) is 21.7 Å². The topological polar surface area (TPSA) is 105 Å². The largest absolute Gasteiger partial charge is 0.497 e. The number of methoxy groups -OCH3 is 2. The van der Waals surface area contributed by atoms with Gasteiger partial charge in [0, 0.05) is 13.6 Å². The van der Waals surface area contributed by atoms with Gasteiger partial charge in [-0.15, -0.1) is 0 Å². The fraction of sp³-hybridized carbons (Fsp3) is 0.417. The summed E-state index contributed by atoms with van der Waals surface area (Å²) in [5.41, 5.74) is 1.81. The Morgan fingerprint density at radius 1 is 1.09 bits per heavy atom. The lowest BCUT2D eigenvalue weighted by molar-refractivity contribution is -0.140. The molecule has 10 heteroatoms. The van der Waals surface area contributed by atoms with E-state index in [1.54, 1.807) is 50.4 Å². The van der Waals surface area contributed by atoms with E-state index < -0.39 is 28.5 Å². The molecule has 186 valence electrons. The lowest BCUT2D eigenvalue weighted by Gasteiger charge is -2.33. The zero-order chi connectivity index (χ0) is 25.5. The summed E-state index contributed by atoms with van der Waals surface area (Å²) in [7, 11) is 0.624. The molecule has 0 saturated heterocycles. The van der Waals surface area contributed by atoms with Gasteiger partial charge in [-0.05, 0) is 48.7 Å². The van der Waals surface area contributed by atoms with Crippen LogP contribution in [0.25, 0.3) is 0 Å². The molecule has 0 fully saturated rings. The normalized spacial score (nSPS) is 11.9. The second-order valence-electron chi connectivity index (χ2n) is 7.86. The van der Waals surface area contributed by atoms with Crippen LogP contribution in [0.15, 0.2) is 42.5 Å². The first kappa shape index (κ1) is 27.0. The third kappa shape index (κ3) is 6.63. The Bertz CT molecular complexity index is 1120. The summed E-state index contributed by atoms with van der Waals surface area (Å²) in [6.07, 6.45) is 1.38. The van der Waals surface area contributed by atoms with Crippen molar-refractivity contribution in [3.63, 3.8) is 0 Å². The maximum Gasteiger partial charge on any atom is 0.244 e. The molecule has 34 heavy (non-hydrogen) atoms. The number of hydrogen-bond donors (Lipinski definition) is 1. The Balaban J connectivity index is 2.51. The maximum absolute atomic E-state index is 13.6. The van der Waals surface area contributed by atoms with Crippen LogP contribution in [0, 0.1) is 6.92 Å². The van der Waals surface area contributed by atoms with Gasteiger partial charge in [-0.2, -0.15) is 0 Å². The molecule has 0 aliphatic rings. The van der Waals surface area contributed by atoms with Crippen molar-refractivity contribution in [1.29, 1.82) is 0 Å². The molecule has 2 aromatic rings. The summed E-state index contributed by atoms with van der Waals surface area (Å²) in [5.74, 6) is 0.0757. The average Bonchev–Trinajstić information content (AvgIpc) is 2.81. The lowest BCUT2D eigenvalue weighted by atomic mass is 10.1. The highest BCUT2D eigenvalue weighted by Gasteiger charge is 2.32. The highest BCUT2D eigenvalue weighted by atomic mass is 32.2. The average molecular weight is 492 g/mol. The fourth-order valence-corrected chi connectivity index (χ4v) is 4.49. The summed E-state index contributed by atoms with van der Waals surface area (Å²) in [6, 6.07) is 11.5. The van der Waals surface area contributed by atoms with Crippen LogP contribution >= 0.6 is 0 Å². The summed E-state index contributed by atoms with van der Waals surface area (Å²) in [6.45, 7) is 3.23. The van der Waals surface area contributed by atoms with E-state index >= 15 is 0 Å². The van der Waals surface area contributed by atoms with E-state index in [1.165, 1.54) is 19.1 Å². The molecule has 1 atom stereocenters. The molecule has 2 rings (SSSR count). The van der Waals surface area contributed by atoms with Crippen molar-refractivity contribution in [3.05, 3.63) is 53.6 Å². The van der Waals surface area contributed by atoms with Crippen molar-refractivity contribution in [1.82, 2.24) is 10.2 Å². The number of benzene rings is 2. The van der Waals surface area contributed by atoms with Crippen molar-refractivity contribution in [2.75, 3.05) is 38.4 Å². The van der Waals surface area contributed by atoms with Crippen molar-refractivity contribution < 1.29 is 27.5 Å². The standard InChI is InChI=1S/C24H33N3O6S/c1-7-20(24(29)25-3)26(15-18-9-8-10-19(14-18)32-4)23(28)16-27(34(6,30)31)21-13-17(2)11-12-22(21)33-5/h8-14,20H,7,15-16H2,1-6H3,(H,25,29)/t20-/m0/s1. The first-order valence-corrected chi connectivity index (χ1v) is 12.7. The number of aryl methyl sites for hydroxylation is 1. The van der Waals surface area contributed by atoms with Crippen LogP contribution in [0.4, 0.5) is 5.69 Å². The summed E-state index contributed by atoms with van der Waals surface area (Å²) in [5, 5.41) is 2.59. The highest BCUT2D eigenvalue weighted by Crippen LogP contribution is 2.31. The molecule has 0 aliphatic carbocycles. The zero-order valence-electron chi connectivity index (χ0n) is 20.5. The van der Waals surface area contributed by atoms with Crippen molar-refractivity contribution in [2.24, 2.45) is 0 Å². The van der Waals surface area contributed by atoms with Crippen molar-refractivity contribution >= 4 is 27.5 Å². The van der Waals surface area contributed by atoms with Crippen LogP contribution in [0.1, 0.15) is 24.5 Å². The summed E-state index contributed by atoms with van der Waals surface area (Å²) < 4.78 is 37.1. The molecule has 0 aromatic heterocycles. The van der Waals surface area contributed by atoms with Gasteiger partial charge in [0.05, 0.1) is 26.2 Å². The van der Waals surface area contributed by atoms with Crippen LogP contribution in [0.2, 0.25) is 0 Å². The van der Waals surface area contributed by atoms with Crippen LogP contribution in [-0.4, -0.2) is 65.2 Å². The van der Waals surface area contributed by atoms with Gasteiger partial charge in [-0.1, -0.05) is 25.1 Å². The van der Waals surface area contributed by atoms with Gasteiger partial charge < -0.3 is 19.7 Å². The van der Waals surface area contributed by atoms with E-state index in [1.807, 2.05) is 13.0 Å². The predicted octanol–water partition coefficient (Wildman–Crippen LogP) is 2.33.